The van der Waals surface area contributed by atoms with Crippen molar-refractivity contribution in [2.24, 2.45) is 11.3 Å². The van der Waals surface area contributed by atoms with Gasteiger partial charge in [-0.3, -0.25) is 0 Å². The predicted molar refractivity (Wildman–Crippen MR) is 90.5 cm³/mol. The topological polar surface area (TPSA) is 70.6 Å². The molecule has 0 bridgehead atoms. The van der Waals surface area contributed by atoms with Crippen molar-refractivity contribution in [3.8, 4) is 5.75 Å². The molecule has 0 saturated heterocycles. The van der Waals surface area contributed by atoms with E-state index in [1.165, 1.54) is 12.8 Å². The Morgan fingerprint density at radius 2 is 2.09 bits per heavy atom. The number of ether oxygens (including phenoxy) is 1. The molecule has 1 aromatic rings. The summed E-state index contributed by atoms with van der Waals surface area (Å²) in [5.41, 5.74) is 1.03. The highest BCUT2D eigenvalue weighted by Gasteiger charge is 2.42. The second-order valence-electron chi connectivity index (χ2n) is 6.95. The maximum absolute atomic E-state index is 11.9. The molecule has 2 amide bonds. The summed E-state index contributed by atoms with van der Waals surface area (Å²) in [4.78, 5) is 11.9. The molecule has 5 nitrogen and oxygen atoms in total. The summed E-state index contributed by atoms with van der Waals surface area (Å²) < 4.78 is 5.13. The van der Waals surface area contributed by atoms with Crippen molar-refractivity contribution in [1.82, 2.24) is 10.6 Å². The van der Waals surface area contributed by atoms with E-state index < -0.39 is 6.10 Å². The van der Waals surface area contributed by atoms with Gasteiger partial charge in [0.15, 0.2) is 0 Å². The standard InChI is InChI=1S/C18H28N2O3/c1-13(2)10-18(7-8-18)12-20-17(22)19-11-16(21)14-5-4-6-15(9-14)23-3/h4-6,9,13,16,21H,7-8,10-12H2,1-3H3,(H2,19,20,22). The minimum atomic E-state index is -0.749. The van der Waals surface area contributed by atoms with Crippen molar-refractivity contribution in [3.63, 3.8) is 0 Å². The van der Waals surface area contributed by atoms with Crippen LogP contribution in [0.4, 0.5) is 4.79 Å². The maximum Gasteiger partial charge on any atom is 0.314 e. The molecule has 3 N–H and O–H groups in total. The molecule has 0 radical (unpaired) electrons. The van der Waals surface area contributed by atoms with Crippen LogP contribution < -0.4 is 15.4 Å². The molecular formula is C18H28N2O3. The smallest absolute Gasteiger partial charge is 0.314 e. The van der Waals surface area contributed by atoms with Crippen molar-refractivity contribution in [1.29, 1.82) is 0 Å². The van der Waals surface area contributed by atoms with Gasteiger partial charge < -0.3 is 20.5 Å². The molecule has 0 heterocycles. The molecule has 1 aromatic carbocycles. The third-order valence-corrected chi connectivity index (χ3v) is 4.36. The van der Waals surface area contributed by atoms with E-state index in [0.717, 1.165) is 12.0 Å². The fourth-order valence-electron chi connectivity index (χ4n) is 2.98. The van der Waals surface area contributed by atoms with Gasteiger partial charge in [0, 0.05) is 13.1 Å². The lowest BCUT2D eigenvalue weighted by Gasteiger charge is -2.19. The fourth-order valence-corrected chi connectivity index (χ4v) is 2.98. The Labute approximate surface area is 138 Å². The molecule has 1 atom stereocenters. The molecule has 1 aliphatic rings. The lowest BCUT2D eigenvalue weighted by Crippen LogP contribution is -2.40. The number of urea groups is 1. The second kappa shape index (κ2) is 7.68. The van der Waals surface area contributed by atoms with Crippen molar-refractivity contribution in [3.05, 3.63) is 29.8 Å². The van der Waals surface area contributed by atoms with Crippen molar-refractivity contribution in [2.75, 3.05) is 20.2 Å². The maximum atomic E-state index is 11.9. The van der Waals surface area contributed by atoms with Gasteiger partial charge in [-0.15, -0.1) is 0 Å². The third-order valence-electron chi connectivity index (χ3n) is 4.36. The van der Waals surface area contributed by atoms with Gasteiger partial charge in [-0.2, -0.15) is 0 Å². The lowest BCUT2D eigenvalue weighted by atomic mass is 9.94. The zero-order chi connectivity index (χ0) is 16.9. The first-order valence-electron chi connectivity index (χ1n) is 8.28. The van der Waals surface area contributed by atoms with E-state index in [1.807, 2.05) is 18.2 Å². The zero-order valence-electron chi connectivity index (χ0n) is 14.3. The summed E-state index contributed by atoms with van der Waals surface area (Å²) in [6, 6.07) is 7.00. The quantitative estimate of drug-likeness (QED) is 0.690. The number of rotatable bonds is 8. The first-order chi connectivity index (χ1) is 10.9. The minimum absolute atomic E-state index is 0.177. The molecule has 1 fully saturated rings. The Morgan fingerprint density at radius 1 is 1.35 bits per heavy atom. The third kappa shape index (κ3) is 5.43. The molecule has 1 unspecified atom stereocenters. The summed E-state index contributed by atoms with van der Waals surface area (Å²) >= 11 is 0. The summed E-state index contributed by atoms with van der Waals surface area (Å²) in [6.07, 6.45) is 2.79. The highest BCUT2D eigenvalue weighted by atomic mass is 16.5. The van der Waals surface area contributed by atoms with Crippen LogP contribution in [-0.4, -0.2) is 31.3 Å². The number of methoxy groups -OCH3 is 1. The Morgan fingerprint density at radius 3 is 2.70 bits per heavy atom. The van der Waals surface area contributed by atoms with Gasteiger partial charge in [0.25, 0.3) is 0 Å². The van der Waals surface area contributed by atoms with Gasteiger partial charge in [0.1, 0.15) is 5.75 Å². The molecular weight excluding hydrogens is 292 g/mol. The normalized spacial score (nSPS) is 16.7. The van der Waals surface area contributed by atoms with Crippen LogP contribution >= 0.6 is 0 Å². The summed E-state index contributed by atoms with van der Waals surface area (Å²) in [7, 11) is 1.59. The van der Waals surface area contributed by atoms with Gasteiger partial charge in [-0.25, -0.2) is 4.79 Å². The minimum Gasteiger partial charge on any atom is -0.497 e. The highest BCUT2D eigenvalue weighted by molar-refractivity contribution is 5.73. The monoisotopic (exact) mass is 320 g/mol. The van der Waals surface area contributed by atoms with Crippen molar-refractivity contribution < 1.29 is 14.6 Å². The molecule has 1 saturated carbocycles. The van der Waals surface area contributed by atoms with E-state index in [9.17, 15) is 9.90 Å². The van der Waals surface area contributed by atoms with Crippen LogP contribution in [0.2, 0.25) is 0 Å². The first-order valence-corrected chi connectivity index (χ1v) is 8.28. The lowest BCUT2D eigenvalue weighted by molar-refractivity contribution is 0.172. The first kappa shape index (κ1) is 17.6. The fraction of sp³-hybridized carbons (Fsp3) is 0.611. The van der Waals surface area contributed by atoms with E-state index >= 15 is 0 Å². The molecule has 128 valence electrons. The number of nitrogens with one attached hydrogen (secondary N) is 2. The van der Waals surface area contributed by atoms with Crippen LogP contribution in [0.1, 0.15) is 44.8 Å². The Hall–Kier alpha value is -1.75. The van der Waals surface area contributed by atoms with Gasteiger partial charge in [0.2, 0.25) is 0 Å². The van der Waals surface area contributed by atoms with Crippen LogP contribution in [0.15, 0.2) is 24.3 Å². The summed E-state index contributed by atoms with van der Waals surface area (Å²) in [6.45, 7) is 5.32. The van der Waals surface area contributed by atoms with Crippen LogP contribution in [-0.2, 0) is 0 Å². The zero-order valence-corrected chi connectivity index (χ0v) is 14.3. The highest BCUT2D eigenvalue weighted by Crippen LogP contribution is 2.49. The van der Waals surface area contributed by atoms with Crippen molar-refractivity contribution in [2.45, 2.75) is 39.2 Å². The van der Waals surface area contributed by atoms with Crippen LogP contribution in [0.25, 0.3) is 0 Å². The Balaban J connectivity index is 1.73. The van der Waals surface area contributed by atoms with E-state index in [4.69, 9.17) is 4.74 Å². The summed E-state index contributed by atoms with van der Waals surface area (Å²) in [5, 5.41) is 15.8. The Bertz CT molecular complexity index is 527. The number of carbonyl (C=O) groups is 1. The largest absolute Gasteiger partial charge is 0.497 e. The molecule has 23 heavy (non-hydrogen) atoms. The number of hydrogen-bond acceptors (Lipinski definition) is 3. The number of amides is 2. The number of hydrogen-bond donors (Lipinski definition) is 3. The van der Waals surface area contributed by atoms with E-state index in [0.29, 0.717) is 23.6 Å². The van der Waals surface area contributed by atoms with Crippen LogP contribution in [0.3, 0.4) is 0 Å². The number of benzene rings is 1. The van der Waals surface area contributed by atoms with E-state index in [1.54, 1.807) is 13.2 Å². The predicted octanol–water partition coefficient (Wildman–Crippen LogP) is 2.85. The average Bonchev–Trinajstić information content (AvgIpc) is 3.29. The molecule has 0 spiro atoms. The SMILES string of the molecule is COc1cccc(C(O)CNC(=O)NCC2(CC(C)C)CC2)c1. The number of aliphatic hydroxyl groups excluding tert-OH is 1. The molecule has 5 heteroatoms. The number of aliphatic hydroxyl groups is 1. The van der Waals surface area contributed by atoms with Crippen LogP contribution in [0.5, 0.6) is 5.75 Å². The molecule has 1 aliphatic carbocycles. The molecule has 2 rings (SSSR count). The second-order valence-corrected chi connectivity index (χ2v) is 6.95. The summed E-state index contributed by atoms with van der Waals surface area (Å²) in [5.74, 6) is 1.34. The van der Waals surface area contributed by atoms with E-state index in [2.05, 4.69) is 24.5 Å². The van der Waals surface area contributed by atoms with Gasteiger partial charge in [-0.1, -0.05) is 26.0 Å². The average molecular weight is 320 g/mol. The molecule has 0 aliphatic heterocycles. The number of carbonyl (C=O) groups excluding carboxylic acids is 1. The van der Waals surface area contributed by atoms with Crippen LogP contribution in [0, 0.1) is 11.3 Å². The van der Waals surface area contributed by atoms with Gasteiger partial charge in [0.05, 0.1) is 13.2 Å². The van der Waals surface area contributed by atoms with E-state index in [-0.39, 0.29) is 12.6 Å². The Kier molecular flexibility index (Phi) is 5.88. The van der Waals surface area contributed by atoms with Gasteiger partial charge >= 0.3 is 6.03 Å². The molecule has 0 aromatic heterocycles. The van der Waals surface area contributed by atoms with Crippen molar-refractivity contribution >= 4 is 6.03 Å². The van der Waals surface area contributed by atoms with Gasteiger partial charge in [-0.05, 0) is 48.3 Å².